The van der Waals surface area contributed by atoms with Gasteiger partial charge in [0.05, 0.1) is 22.0 Å². The average molecular weight is 463 g/mol. The van der Waals surface area contributed by atoms with E-state index in [1.807, 2.05) is 12.1 Å². The number of carbonyl (C=O) groups is 1. The third-order valence-corrected chi connectivity index (χ3v) is 6.35. The van der Waals surface area contributed by atoms with Crippen LogP contribution in [0.4, 0.5) is 5.82 Å². The Hall–Kier alpha value is -2.39. The number of carbonyl (C=O) groups excluding carboxylic acids is 1. The van der Waals surface area contributed by atoms with Crippen molar-refractivity contribution >= 4 is 46.0 Å². The standard InChI is InChI=1S/C21H24Cl2N6O2/c22-14-3-1-13(2-4-14)16(5-10-30)28-20(31)21(24)6-8-29(9-7-21)19-17-15(23)11-25-18(17)26-12-27-19/h1-4,11-12,16,30H,5-10,24H2,(H,28,31)(H,25,26,27)/t16-/m0/s1. The van der Waals surface area contributed by atoms with E-state index >= 15 is 0 Å². The smallest absolute Gasteiger partial charge is 0.240 e. The predicted molar refractivity (Wildman–Crippen MR) is 121 cm³/mol. The Morgan fingerprint density at radius 2 is 1.97 bits per heavy atom. The van der Waals surface area contributed by atoms with Gasteiger partial charge in [-0.1, -0.05) is 35.3 Å². The molecule has 164 valence electrons. The van der Waals surface area contributed by atoms with Gasteiger partial charge in [0.25, 0.3) is 0 Å². The van der Waals surface area contributed by atoms with Crippen LogP contribution in [0.1, 0.15) is 30.9 Å². The van der Waals surface area contributed by atoms with Crippen LogP contribution in [-0.2, 0) is 4.79 Å². The number of piperidine rings is 1. The van der Waals surface area contributed by atoms with Crippen LogP contribution in [0.5, 0.6) is 0 Å². The molecule has 0 unspecified atom stereocenters. The number of halogens is 2. The molecule has 3 heterocycles. The molecule has 10 heteroatoms. The maximum absolute atomic E-state index is 13.1. The predicted octanol–water partition coefficient (Wildman–Crippen LogP) is 2.80. The van der Waals surface area contributed by atoms with Gasteiger partial charge in [-0.3, -0.25) is 4.79 Å². The third kappa shape index (κ3) is 4.48. The second-order valence-electron chi connectivity index (χ2n) is 7.79. The quantitative estimate of drug-likeness (QED) is 0.446. The lowest BCUT2D eigenvalue weighted by Crippen LogP contribution is -2.60. The zero-order valence-electron chi connectivity index (χ0n) is 16.8. The van der Waals surface area contributed by atoms with E-state index in [9.17, 15) is 9.90 Å². The fraction of sp³-hybridized carbons (Fsp3) is 0.381. The molecule has 2 aromatic heterocycles. The molecule has 3 aromatic rings. The van der Waals surface area contributed by atoms with Crippen LogP contribution in [0, 0.1) is 0 Å². The minimum Gasteiger partial charge on any atom is -0.396 e. The lowest BCUT2D eigenvalue weighted by Gasteiger charge is -2.39. The van der Waals surface area contributed by atoms with Crippen molar-refractivity contribution in [2.24, 2.45) is 5.73 Å². The zero-order chi connectivity index (χ0) is 22.0. The number of nitrogens with two attached hydrogens (primary N) is 1. The van der Waals surface area contributed by atoms with Crippen LogP contribution >= 0.6 is 23.2 Å². The second kappa shape index (κ2) is 9.00. The van der Waals surface area contributed by atoms with Crippen molar-refractivity contribution in [3.63, 3.8) is 0 Å². The van der Waals surface area contributed by atoms with Gasteiger partial charge in [-0.2, -0.15) is 0 Å². The molecule has 8 nitrogen and oxygen atoms in total. The highest BCUT2D eigenvalue weighted by Gasteiger charge is 2.39. The van der Waals surface area contributed by atoms with E-state index in [0.29, 0.717) is 48.0 Å². The summed E-state index contributed by atoms with van der Waals surface area (Å²) < 4.78 is 0. The van der Waals surface area contributed by atoms with Gasteiger partial charge in [0, 0.05) is 30.9 Å². The molecule has 0 bridgehead atoms. The molecule has 0 aliphatic carbocycles. The van der Waals surface area contributed by atoms with Crippen LogP contribution in [0.15, 0.2) is 36.8 Å². The van der Waals surface area contributed by atoms with Gasteiger partial charge in [0.1, 0.15) is 17.8 Å². The molecule has 1 atom stereocenters. The van der Waals surface area contributed by atoms with Gasteiger partial charge in [-0.15, -0.1) is 0 Å². The summed E-state index contributed by atoms with van der Waals surface area (Å²) in [6, 6.07) is 6.87. The largest absolute Gasteiger partial charge is 0.396 e. The second-order valence-corrected chi connectivity index (χ2v) is 8.63. The van der Waals surface area contributed by atoms with E-state index in [-0.39, 0.29) is 18.6 Å². The summed E-state index contributed by atoms with van der Waals surface area (Å²) in [4.78, 5) is 26.8. The summed E-state index contributed by atoms with van der Waals surface area (Å²) in [5, 5.41) is 14.4. The number of amides is 1. The van der Waals surface area contributed by atoms with Crippen molar-refractivity contribution in [3.05, 3.63) is 52.4 Å². The van der Waals surface area contributed by atoms with Gasteiger partial charge in [-0.25, -0.2) is 9.97 Å². The normalized spacial score (nSPS) is 17.0. The molecule has 1 aliphatic heterocycles. The number of aromatic nitrogens is 3. The van der Waals surface area contributed by atoms with E-state index < -0.39 is 5.54 Å². The SMILES string of the molecule is NC1(C(=O)N[C@@H](CCO)c2ccc(Cl)cc2)CCN(c2ncnc3[nH]cc(Cl)c23)CC1. The Bertz CT molecular complexity index is 1060. The van der Waals surface area contributed by atoms with Crippen molar-refractivity contribution in [1.29, 1.82) is 0 Å². The van der Waals surface area contributed by atoms with Crippen LogP contribution in [0.3, 0.4) is 0 Å². The maximum atomic E-state index is 13.1. The van der Waals surface area contributed by atoms with Crippen molar-refractivity contribution in [1.82, 2.24) is 20.3 Å². The highest BCUT2D eigenvalue weighted by molar-refractivity contribution is 6.36. The molecule has 1 fully saturated rings. The topological polar surface area (TPSA) is 120 Å². The third-order valence-electron chi connectivity index (χ3n) is 5.80. The molecular weight excluding hydrogens is 439 g/mol. The lowest BCUT2D eigenvalue weighted by molar-refractivity contribution is -0.128. The number of H-pyrrole nitrogens is 1. The number of anilines is 1. The molecule has 1 aromatic carbocycles. The first-order valence-corrected chi connectivity index (χ1v) is 10.9. The molecule has 0 radical (unpaired) electrons. The summed E-state index contributed by atoms with van der Waals surface area (Å²) in [6.45, 7) is 1.06. The number of aliphatic hydroxyl groups is 1. The highest BCUT2D eigenvalue weighted by Crippen LogP contribution is 2.33. The van der Waals surface area contributed by atoms with Crippen molar-refractivity contribution in [2.75, 3.05) is 24.6 Å². The number of hydrogen-bond donors (Lipinski definition) is 4. The molecule has 0 spiro atoms. The Labute approximate surface area is 189 Å². The minimum absolute atomic E-state index is 0.0555. The van der Waals surface area contributed by atoms with E-state index in [2.05, 4.69) is 25.2 Å². The van der Waals surface area contributed by atoms with Crippen molar-refractivity contribution in [3.8, 4) is 0 Å². The van der Waals surface area contributed by atoms with Gasteiger partial charge in [0.15, 0.2) is 0 Å². The summed E-state index contributed by atoms with van der Waals surface area (Å²) in [6.07, 6.45) is 4.48. The van der Waals surface area contributed by atoms with Crippen LogP contribution in [-0.4, -0.2) is 51.2 Å². The van der Waals surface area contributed by atoms with Crippen LogP contribution in [0.2, 0.25) is 10.0 Å². The fourth-order valence-corrected chi connectivity index (χ4v) is 4.30. The number of aromatic amines is 1. The summed E-state index contributed by atoms with van der Waals surface area (Å²) in [5.41, 5.74) is 7.06. The van der Waals surface area contributed by atoms with E-state index in [1.54, 1.807) is 18.3 Å². The number of hydrogen-bond acceptors (Lipinski definition) is 6. The summed E-state index contributed by atoms with van der Waals surface area (Å²) in [5.74, 6) is 0.506. The Kier molecular flexibility index (Phi) is 6.34. The van der Waals surface area contributed by atoms with Gasteiger partial charge < -0.3 is 26.0 Å². The van der Waals surface area contributed by atoms with Crippen molar-refractivity contribution < 1.29 is 9.90 Å². The van der Waals surface area contributed by atoms with Crippen LogP contribution in [0.25, 0.3) is 11.0 Å². The molecule has 0 saturated carbocycles. The summed E-state index contributed by atoms with van der Waals surface area (Å²) >= 11 is 12.3. The van der Waals surface area contributed by atoms with E-state index in [0.717, 1.165) is 16.8 Å². The first-order chi connectivity index (χ1) is 14.9. The van der Waals surface area contributed by atoms with E-state index in [4.69, 9.17) is 28.9 Å². The van der Waals surface area contributed by atoms with Gasteiger partial charge >= 0.3 is 0 Å². The molecule has 4 rings (SSSR count). The fourth-order valence-electron chi connectivity index (χ4n) is 3.94. The monoisotopic (exact) mass is 462 g/mol. The lowest BCUT2D eigenvalue weighted by atomic mass is 9.87. The number of fused-ring (bicyclic) bond motifs is 1. The minimum atomic E-state index is -1.01. The first kappa shape index (κ1) is 21.8. The zero-order valence-corrected chi connectivity index (χ0v) is 18.3. The highest BCUT2D eigenvalue weighted by atomic mass is 35.5. The number of aliphatic hydroxyl groups excluding tert-OH is 1. The van der Waals surface area contributed by atoms with Crippen LogP contribution < -0.4 is 16.0 Å². The Morgan fingerprint density at radius 3 is 2.65 bits per heavy atom. The molecule has 1 amide bonds. The summed E-state index contributed by atoms with van der Waals surface area (Å²) in [7, 11) is 0. The van der Waals surface area contributed by atoms with E-state index in [1.165, 1.54) is 6.33 Å². The maximum Gasteiger partial charge on any atom is 0.240 e. The van der Waals surface area contributed by atoms with Gasteiger partial charge in [0.2, 0.25) is 5.91 Å². The molecule has 5 N–H and O–H groups in total. The Balaban J connectivity index is 1.46. The number of benzene rings is 1. The molecule has 31 heavy (non-hydrogen) atoms. The number of nitrogens with one attached hydrogen (secondary N) is 2. The first-order valence-electron chi connectivity index (χ1n) is 10.1. The van der Waals surface area contributed by atoms with Crippen molar-refractivity contribution in [2.45, 2.75) is 30.8 Å². The molecule has 1 saturated heterocycles. The molecule has 1 aliphatic rings. The number of nitrogens with zero attached hydrogens (tertiary/aromatic N) is 3. The Morgan fingerprint density at radius 1 is 1.26 bits per heavy atom. The molecular formula is C21H24Cl2N6O2. The number of rotatable bonds is 6. The van der Waals surface area contributed by atoms with Gasteiger partial charge in [-0.05, 0) is 37.0 Å². The average Bonchev–Trinajstić information content (AvgIpc) is 3.16.